The Morgan fingerprint density at radius 3 is 2.45 bits per heavy atom. The Balaban J connectivity index is 1.30. The number of nitrogens with zero attached hydrogens (tertiary/aromatic N) is 4. The van der Waals surface area contributed by atoms with Crippen LogP contribution >= 0.6 is 0 Å². The summed E-state index contributed by atoms with van der Waals surface area (Å²) in [6.07, 6.45) is 11.5. The second-order valence-corrected chi connectivity index (χ2v) is 7.89. The van der Waals surface area contributed by atoms with E-state index >= 15 is 0 Å². The highest BCUT2D eigenvalue weighted by Crippen LogP contribution is 2.19. The van der Waals surface area contributed by atoms with E-state index in [1.54, 1.807) is 6.20 Å². The van der Waals surface area contributed by atoms with Crippen LogP contribution in [0, 0.1) is 0 Å². The largest absolute Gasteiger partial charge is 0.368 e. The first kappa shape index (κ1) is 19.6. The van der Waals surface area contributed by atoms with Crippen LogP contribution < -0.4 is 4.90 Å². The van der Waals surface area contributed by atoms with Crippen molar-refractivity contribution in [1.29, 1.82) is 0 Å². The van der Waals surface area contributed by atoms with Gasteiger partial charge in [-0.2, -0.15) is 0 Å². The molecule has 4 rings (SSSR count). The molecule has 1 aromatic carbocycles. The zero-order valence-electron chi connectivity index (χ0n) is 17.0. The van der Waals surface area contributed by atoms with E-state index < -0.39 is 0 Å². The maximum absolute atomic E-state index is 12.8. The van der Waals surface area contributed by atoms with E-state index in [0.29, 0.717) is 0 Å². The van der Waals surface area contributed by atoms with Crippen molar-refractivity contribution in [3.63, 3.8) is 0 Å². The molecule has 0 aliphatic carbocycles. The number of aromatic nitrogens is 1. The van der Waals surface area contributed by atoms with Gasteiger partial charge in [-0.1, -0.05) is 42.5 Å². The Morgan fingerprint density at radius 2 is 1.69 bits per heavy atom. The molecule has 5 nitrogen and oxygen atoms in total. The predicted molar refractivity (Wildman–Crippen MR) is 118 cm³/mol. The minimum atomic E-state index is 0.128. The summed E-state index contributed by atoms with van der Waals surface area (Å²) in [5.41, 5.74) is 3.03. The van der Waals surface area contributed by atoms with Gasteiger partial charge < -0.3 is 9.80 Å². The number of piperazine rings is 1. The fourth-order valence-corrected chi connectivity index (χ4v) is 4.09. The third-order valence-electron chi connectivity index (χ3n) is 5.82. The van der Waals surface area contributed by atoms with Crippen molar-refractivity contribution >= 4 is 17.7 Å². The van der Waals surface area contributed by atoms with Crippen LogP contribution in [-0.4, -0.2) is 66.5 Å². The molecule has 152 valence electrons. The molecule has 2 aliphatic heterocycles. The summed E-state index contributed by atoms with van der Waals surface area (Å²) in [7, 11) is 0. The average Bonchev–Trinajstić information content (AvgIpc) is 2.80. The van der Waals surface area contributed by atoms with Crippen molar-refractivity contribution in [2.24, 2.45) is 0 Å². The van der Waals surface area contributed by atoms with Crippen molar-refractivity contribution < 1.29 is 4.79 Å². The molecule has 1 amide bonds. The Morgan fingerprint density at radius 1 is 0.931 bits per heavy atom. The van der Waals surface area contributed by atoms with E-state index in [9.17, 15) is 4.79 Å². The molecule has 0 unspecified atom stereocenters. The summed E-state index contributed by atoms with van der Waals surface area (Å²) in [6.45, 7) is 6.67. The molecular formula is C24H30N4O. The third-order valence-corrected chi connectivity index (χ3v) is 5.82. The van der Waals surface area contributed by atoms with Crippen LogP contribution in [0.15, 0.2) is 54.9 Å². The normalized spacial score (nSPS) is 18.3. The summed E-state index contributed by atoms with van der Waals surface area (Å²) >= 11 is 0. The van der Waals surface area contributed by atoms with Gasteiger partial charge in [0, 0.05) is 52.0 Å². The molecule has 2 aromatic rings. The Labute approximate surface area is 173 Å². The van der Waals surface area contributed by atoms with Crippen LogP contribution in [0.2, 0.25) is 0 Å². The van der Waals surface area contributed by atoms with Crippen LogP contribution in [0.3, 0.4) is 0 Å². The van der Waals surface area contributed by atoms with E-state index in [1.165, 1.54) is 12.0 Å². The molecule has 0 radical (unpaired) electrons. The molecule has 0 bridgehead atoms. The van der Waals surface area contributed by atoms with E-state index in [4.69, 9.17) is 0 Å². The lowest BCUT2D eigenvalue weighted by Crippen LogP contribution is -2.46. The first-order chi connectivity index (χ1) is 14.3. The molecule has 2 aliphatic rings. The van der Waals surface area contributed by atoms with Gasteiger partial charge in [-0.15, -0.1) is 0 Å². The van der Waals surface area contributed by atoms with E-state index in [2.05, 4.69) is 51.2 Å². The fraction of sp³-hybridized carbons (Fsp3) is 0.417. The number of hydrogen-bond donors (Lipinski definition) is 0. The molecule has 29 heavy (non-hydrogen) atoms. The number of hydrogen-bond acceptors (Lipinski definition) is 4. The number of likely N-dealkylation sites (tertiary alicyclic amines) is 1. The van der Waals surface area contributed by atoms with Gasteiger partial charge in [0.1, 0.15) is 0 Å². The molecule has 0 N–H and O–H groups in total. The molecule has 0 atom stereocenters. The van der Waals surface area contributed by atoms with Gasteiger partial charge in [0.15, 0.2) is 0 Å². The number of anilines is 1. The highest BCUT2D eigenvalue weighted by Gasteiger charge is 2.21. The zero-order chi connectivity index (χ0) is 19.9. The topological polar surface area (TPSA) is 39.7 Å². The number of piperidine rings is 1. The van der Waals surface area contributed by atoms with Crippen LogP contribution in [0.1, 0.15) is 35.2 Å². The van der Waals surface area contributed by atoms with Gasteiger partial charge in [-0.3, -0.25) is 14.7 Å². The first-order valence-corrected chi connectivity index (χ1v) is 10.7. The Bertz CT molecular complexity index is 822. The second kappa shape index (κ2) is 9.70. The number of carbonyl (C=O) groups is 1. The Hall–Kier alpha value is -2.66. The van der Waals surface area contributed by atoms with E-state index in [1.807, 2.05) is 23.2 Å². The van der Waals surface area contributed by atoms with Crippen molar-refractivity contribution in [1.82, 2.24) is 14.8 Å². The molecule has 3 heterocycles. The predicted octanol–water partition coefficient (Wildman–Crippen LogP) is 3.54. The van der Waals surface area contributed by atoms with Crippen molar-refractivity contribution in [2.45, 2.75) is 19.3 Å². The van der Waals surface area contributed by atoms with Crippen molar-refractivity contribution in [3.8, 4) is 0 Å². The number of benzene rings is 1. The molecule has 2 fully saturated rings. The molecule has 0 saturated carbocycles. The monoisotopic (exact) mass is 390 g/mol. The second-order valence-electron chi connectivity index (χ2n) is 7.89. The SMILES string of the molecule is O=C(c1cncc(N2CCN(C/C=C/c3ccccc3)CC2)c1)N1CCCCC1. The van der Waals surface area contributed by atoms with Gasteiger partial charge in [0.05, 0.1) is 17.4 Å². The van der Waals surface area contributed by atoms with Crippen LogP contribution in [0.5, 0.6) is 0 Å². The zero-order valence-corrected chi connectivity index (χ0v) is 17.0. The van der Waals surface area contributed by atoms with Gasteiger partial charge in [-0.05, 0) is 30.9 Å². The lowest BCUT2D eigenvalue weighted by atomic mass is 10.1. The van der Waals surface area contributed by atoms with Crippen LogP contribution in [0.4, 0.5) is 5.69 Å². The number of amides is 1. The van der Waals surface area contributed by atoms with Gasteiger partial charge in [0.2, 0.25) is 0 Å². The summed E-state index contributed by atoms with van der Waals surface area (Å²) in [5, 5.41) is 0. The van der Waals surface area contributed by atoms with Crippen molar-refractivity contribution in [2.75, 3.05) is 50.7 Å². The molecular weight excluding hydrogens is 360 g/mol. The summed E-state index contributed by atoms with van der Waals surface area (Å²) in [6, 6.07) is 12.4. The quantitative estimate of drug-likeness (QED) is 0.783. The van der Waals surface area contributed by atoms with Gasteiger partial charge in [0.25, 0.3) is 5.91 Å². The minimum absolute atomic E-state index is 0.128. The lowest BCUT2D eigenvalue weighted by Gasteiger charge is -2.35. The molecule has 5 heteroatoms. The smallest absolute Gasteiger partial charge is 0.255 e. The minimum Gasteiger partial charge on any atom is -0.368 e. The van der Waals surface area contributed by atoms with Crippen LogP contribution in [-0.2, 0) is 0 Å². The maximum atomic E-state index is 12.8. The number of pyridine rings is 1. The number of rotatable bonds is 5. The maximum Gasteiger partial charge on any atom is 0.255 e. The van der Waals surface area contributed by atoms with Gasteiger partial charge >= 0.3 is 0 Å². The Kier molecular flexibility index (Phi) is 6.57. The third kappa shape index (κ3) is 5.24. The van der Waals surface area contributed by atoms with Gasteiger partial charge in [-0.25, -0.2) is 0 Å². The van der Waals surface area contributed by atoms with E-state index in [-0.39, 0.29) is 5.91 Å². The van der Waals surface area contributed by atoms with E-state index in [0.717, 1.165) is 69.9 Å². The fourth-order valence-electron chi connectivity index (χ4n) is 4.09. The summed E-state index contributed by atoms with van der Waals surface area (Å²) in [5.74, 6) is 0.128. The lowest BCUT2D eigenvalue weighted by molar-refractivity contribution is 0.0724. The molecule has 1 aromatic heterocycles. The summed E-state index contributed by atoms with van der Waals surface area (Å²) in [4.78, 5) is 23.9. The molecule has 0 spiro atoms. The summed E-state index contributed by atoms with van der Waals surface area (Å²) < 4.78 is 0. The first-order valence-electron chi connectivity index (χ1n) is 10.7. The highest BCUT2D eigenvalue weighted by molar-refractivity contribution is 5.94. The highest BCUT2D eigenvalue weighted by atomic mass is 16.2. The number of carbonyl (C=O) groups excluding carboxylic acids is 1. The standard InChI is InChI=1S/C24H30N4O/c29-24(28-12-5-2-6-13-28)22-18-23(20-25-19-22)27-16-14-26(15-17-27)11-7-10-21-8-3-1-4-9-21/h1,3-4,7-10,18-20H,2,5-6,11-17H2/b10-7+. The molecule has 2 saturated heterocycles. The van der Waals surface area contributed by atoms with Crippen molar-refractivity contribution in [3.05, 3.63) is 66.0 Å². The van der Waals surface area contributed by atoms with Crippen LogP contribution in [0.25, 0.3) is 6.08 Å². The average molecular weight is 391 g/mol.